The normalized spacial score (nSPS) is 12.7. The molecule has 0 amide bonds. The molecule has 190 valence electrons. The minimum absolute atomic E-state index is 0. The number of aromatic nitrogens is 1. The Labute approximate surface area is 224 Å². The molecule has 0 saturated carbocycles. The van der Waals surface area contributed by atoms with E-state index < -0.39 is 10.0 Å². The summed E-state index contributed by atoms with van der Waals surface area (Å²) in [6.45, 7) is 2.30. The first-order valence-electron chi connectivity index (χ1n) is 11.5. The summed E-state index contributed by atoms with van der Waals surface area (Å²) in [6, 6.07) is 22.9. The molecule has 1 aromatic heterocycles. The molecular formula is C27H29Cl2N3O3S. The minimum atomic E-state index is -3.71. The topological polar surface area (TPSA) is 71.5 Å². The van der Waals surface area contributed by atoms with Gasteiger partial charge in [0.25, 0.3) is 10.0 Å². The van der Waals surface area contributed by atoms with Crippen LogP contribution in [0, 0.1) is 0 Å². The first-order valence-corrected chi connectivity index (χ1v) is 12.9. The van der Waals surface area contributed by atoms with Crippen molar-refractivity contribution in [3.8, 4) is 5.75 Å². The molecule has 2 heterocycles. The van der Waals surface area contributed by atoms with Crippen molar-refractivity contribution in [3.63, 3.8) is 0 Å². The summed E-state index contributed by atoms with van der Waals surface area (Å²) >= 11 is 0. The van der Waals surface area contributed by atoms with Crippen LogP contribution in [0.1, 0.15) is 17.5 Å². The van der Waals surface area contributed by atoms with Gasteiger partial charge in [-0.05, 0) is 77.7 Å². The second-order valence-electron chi connectivity index (χ2n) is 8.37. The molecule has 0 atom stereocenters. The summed E-state index contributed by atoms with van der Waals surface area (Å²) in [5, 5.41) is 5.37. The number of nitrogens with one attached hydrogen (secondary N) is 1. The van der Waals surface area contributed by atoms with Crippen molar-refractivity contribution in [1.82, 2.24) is 10.3 Å². The van der Waals surface area contributed by atoms with Crippen molar-refractivity contribution in [2.75, 3.05) is 24.0 Å². The Bertz CT molecular complexity index is 1400. The number of hydrogen-bond acceptors (Lipinski definition) is 5. The van der Waals surface area contributed by atoms with Gasteiger partial charge in [0, 0.05) is 18.9 Å². The zero-order valence-electron chi connectivity index (χ0n) is 19.7. The maximum absolute atomic E-state index is 13.6. The molecule has 3 aromatic carbocycles. The average Bonchev–Trinajstić information content (AvgIpc) is 2.88. The largest absolute Gasteiger partial charge is 0.489 e. The van der Waals surface area contributed by atoms with Crippen LogP contribution in [0.15, 0.2) is 90.1 Å². The summed E-state index contributed by atoms with van der Waals surface area (Å²) in [5.74, 6) is 0.607. The van der Waals surface area contributed by atoms with Crippen LogP contribution in [0.25, 0.3) is 10.8 Å². The maximum atomic E-state index is 13.6. The predicted molar refractivity (Wildman–Crippen MR) is 149 cm³/mol. The molecular weight excluding hydrogens is 517 g/mol. The van der Waals surface area contributed by atoms with E-state index in [1.807, 2.05) is 60.7 Å². The monoisotopic (exact) mass is 545 g/mol. The quantitative estimate of drug-likeness (QED) is 0.300. The van der Waals surface area contributed by atoms with Gasteiger partial charge in [-0.1, -0.05) is 36.4 Å². The molecule has 36 heavy (non-hydrogen) atoms. The van der Waals surface area contributed by atoms with Gasteiger partial charge in [0.05, 0.1) is 17.1 Å². The van der Waals surface area contributed by atoms with E-state index in [0.29, 0.717) is 29.5 Å². The van der Waals surface area contributed by atoms with Gasteiger partial charge < -0.3 is 10.1 Å². The number of ether oxygens (including phenoxy) is 1. The Morgan fingerprint density at radius 1 is 0.889 bits per heavy atom. The highest BCUT2D eigenvalue weighted by molar-refractivity contribution is 7.92. The number of pyridine rings is 1. The van der Waals surface area contributed by atoms with Crippen LogP contribution < -0.4 is 14.4 Å². The highest BCUT2D eigenvalue weighted by Gasteiger charge is 2.30. The zero-order chi connectivity index (χ0) is 23.4. The minimum Gasteiger partial charge on any atom is -0.489 e. The van der Waals surface area contributed by atoms with E-state index in [1.54, 1.807) is 24.5 Å². The lowest BCUT2D eigenvalue weighted by Crippen LogP contribution is -2.38. The van der Waals surface area contributed by atoms with Crippen LogP contribution in [0.2, 0.25) is 0 Å². The lowest BCUT2D eigenvalue weighted by Gasteiger charge is -2.31. The summed E-state index contributed by atoms with van der Waals surface area (Å²) in [5.41, 5.74) is 2.91. The Balaban J connectivity index is 0.00000180. The number of rotatable bonds is 8. The fraction of sp³-hybridized carbons (Fsp3) is 0.222. The molecule has 1 N–H and O–H groups in total. The number of anilines is 1. The van der Waals surface area contributed by atoms with Gasteiger partial charge in [-0.15, -0.1) is 24.8 Å². The average molecular weight is 547 g/mol. The van der Waals surface area contributed by atoms with E-state index in [-0.39, 0.29) is 24.8 Å². The second kappa shape index (κ2) is 12.4. The fourth-order valence-corrected chi connectivity index (χ4v) is 5.74. The van der Waals surface area contributed by atoms with Crippen molar-refractivity contribution in [2.24, 2.45) is 0 Å². The van der Waals surface area contributed by atoms with Gasteiger partial charge in [-0.3, -0.25) is 9.29 Å². The van der Waals surface area contributed by atoms with Gasteiger partial charge in [-0.2, -0.15) is 0 Å². The Hall–Kier alpha value is -2.84. The first kappa shape index (κ1) is 27.7. The summed E-state index contributed by atoms with van der Waals surface area (Å²) < 4.78 is 34.5. The number of benzene rings is 3. The van der Waals surface area contributed by atoms with Gasteiger partial charge in [-0.25, -0.2) is 8.42 Å². The van der Waals surface area contributed by atoms with Crippen LogP contribution in [0.3, 0.4) is 0 Å². The van der Waals surface area contributed by atoms with Gasteiger partial charge in [0.15, 0.2) is 0 Å². The molecule has 9 heteroatoms. The summed E-state index contributed by atoms with van der Waals surface area (Å²) in [7, 11) is -3.71. The Kier molecular flexibility index (Phi) is 9.56. The zero-order valence-corrected chi connectivity index (χ0v) is 22.1. The number of halogens is 2. The third kappa shape index (κ3) is 6.10. The van der Waals surface area contributed by atoms with Crippen LogP contribution in [0.4, 0.5) is 5.69 Å². The number of sulfonamides is 1. The molecule has 0 aliphatic carbocycles. The van der Waals surface area contributed by atoms with E-state index in [2.05, 4.69) is 10.3 Å². The van der Waals surface area contributed by atoms with Crippen molar-refractivity contribution in [3.05, 3.63) is 96.3 Å². The summed E-state index contributed by atoms with van der Waals surface area (Å²) in [4.78, 5) is 4.33. The molecule has 1 aliphatic heterocycles. The number of hydrogen-bond donors (Lipinski definition) is 1. The molecule has 6 nitrogen and oxygen atoms in total. The lowest BCUT2D eigenvalue weighted by molar-refractivity contribution is 0.315. The van der Waals surface area contributed by atoms with E-state index in [1.165, 1.54) is 9.87 Å². The molecule has 0 radical (unpaired) electrons. The second-order valence-corrected chi connectivity index (χ2v) is 10.2. The predicted octanol–water partition coefficient (Wildman–Crippen LogP) is 5.39. The van der Waals surface area contributed by atoms with E-state index in [9.17, 15) is 8.42 Å². The van der Waals surface area contributed by atoms with Crippen LogP contribution in [-0.2, 0) is 23.0 Å². The smallest absolute Gasteiger partial charge is 0.264 e. The number of nitrogens with zero attached hydrogens (tertiary/aromatic N) is 2. The van der Waals surface area contributed by atoms with Gasteiger partial charge in [0.1, 0.15) is 12.4 Å². The highest BCUT2D eigenvalue weighted by Crippen LogP contribution is 2.36. The molecule has 0 bridgehead atoms. The Morgan fingerprint density at radius 2 is 1.67 bits per heavy atom. The lowest BCUT2D eigenvalue weighted by atomic mass is 10.1. The number of fused-ring (bicyclic) bond motifs is 2. The van der Waals surface area contributed by atoms with Crippen molar-refractivity contribution in [1.29, 1.82) is 0 Å². The summed E-state index contributed by atoms with van der Waals surface area (Å²) in [6.07, 6.45) is 5.39. The molecule has 5 rings (SSSR count). The van der Waals surface area contributed by atoms with Gasteiger partial charge in [0.2, 0.25) is 0 Å². The molecule has 0 unspecified atom stereocenters. The molecule has 0 saturated heterocycles. The number of aryl methyl sites for hydroxylation is 1. The first-order chi connectivity index (χ1) is 16.6. The van der Waals surface area contributed by atoms with Crippen LogP contribution in [-0.4, -0.2) is 33.1 Å². The Morgan fingerprint density at radius 3 is 2.47 bits per heavy atom. The molecule has 4 aromatic rings. The third-order valence-electron chi connectivity index (χ3n) is 6.05. The highest BCUT2D eigenvalue weighted by atomic mass is 35.5. The van der Waals surface area contributed by atoms with Crippen molar-refractivity contribution < 1.29 is 13.2 Å². The molecule has 0 fully saturated rings. The fourth-order valence-electron chi connectivity index (χ4n) is 4.25. The molecule has 1 aliphatic rings. The van der Waals surface area contributed by atoms with Gasteiger partial charge >= 0.3 is 0 Å². The van der Waals surface area contributed by atoms with Crippen LogP contribution in [0.5, 0.6) is 5.75 Å². The van der Waals surface area contributed by atoms with E-state index in [0.717, 1.165) is 42.3 Å². The molecule has 0 spiro atoms. The van der Waals surface area contributed by atoms with E-state index >= 15 is 0 Å². The van der Waals surface area contributed by atoms with Crippen molar-refractivity contribution in [2.45, 2.75) is 24.3 Å². The third-order valence-corrected chi connectivity index (χ3v) is 7.86. The maximum Gasteiger partial charge on any atom is 0.264 e. The van der Waals surface area contributed by atoms with Crippen LogP contribution >= 0.6 is 24.8 Å². The van der Waals surface area contributed by atoms with E-state index in [4.69, 9.17) is 4.74 Å². The standard InChI is InChI=1S/C27H27N3O3S.2ClH/c31-34(32,25-9-8-23-5-1-2-6-24(23)19-25)30-16-17-33-27-10-7-21(18-26(27)30)4-3-13-29-20-22-11-14-28-15-12-22;;/h1-2,5-12,14-15,18-19,29H,3-4,13,16-17,20H2;2*1H. The SMILES string of the molecule is Cl.Cl.O=S(=O)(c1ccc2ccccc2c1)N1CCOc2ccc(CCCNCc3ccncc3)cc21. The van der Waals surface area contributed by atoms with Crippen molar-refractivity contribution >= 4 is 51.3 Å².